The maximum Gasteiger partial charge on any atom is 0.105 e. The molecule has 16 heavy (non-hydrogen) atoms. The van der Waals surface area contributed by atoms with Gasteiger partial charge in [-0.25, -0.2) is 0 Å². The van der Waals surface area contributed by atoms with Crippen LogP contribution in [0.15, 0.2) is 30.3 Å². The summed E-state index contributed by atoms with van der Waals surface area (Å²) in [7, 11) is 0. The van der Waals surface area contributed by atoms with Crippen molar-refractivity contribution in [2.45, 2.75) is 31.4 Å². The molecular weight excluding hydrogens is 234 g/mol. The fraction of sp³-hybridized carbons (Fsp3) is 0.385. The second-order valence-electron chi connectivity index (χ2n) is 3.85. The smallest absolute Gasteiger partial charge is 0.105 e. The molecule has 0 spiro atoms. The molecule has 1 unspecified atom stereocenters. The molecule has 0 fully saturated rings. The number of thioether (sulfide) groups is 1. The van der Waals surface area contributed by atoms with Crippen LogP contribution >= 0.6 is 24.0 Å². The van der Waals surface area contributed by atoms with Gasteiger partial charge in [0.2, 0.25) is 0 Å². The van der Waals surface area contributed by atoms with Crippen molar-refractivity contribution in [2.75, 3.05) is 0 Å². The zero-order chi connectivity index (χ0) is 12.0. The van der Waals surface area contributed by atoms with Gasteiger partial charge in [0.05, 0.1) is 10.3 Å². The first kappa shape index (κ1) is 13.2. The molecule has 1 rings (SSSR count). The number of benzene rings is 1. The van der Waals surface area contributed by atoms with Crippen LogP contribution in [0.1, 0.15) is 32.3 Å². The molecule has 84 valence electrons. The lowest BCUT2D eigenvalue weighted by atomic mass is 10.1. The van der Waals surface area contributed by atoms with E-state index in [2.05, 4.69) is 13.0 Å². The van der Waals surface area contributed by atoms with Crippen LogP contribution in [0.4, 0.5) is 0 Å². The monoisotopic (exact) mass is 249 g/mol. The van der Waals surface area contributed by atoms with Crippen molar-refractivity contribution in [3.8, 4) is 6.07 Å². The highest BCUT2D eigenvalue weighted by molar-refractivity contribution is 8.24. The van der Waals surface area contributed by atoms with Crippen molar-refractivity contribution in [3.05, 3.63) is 35.9 Å². The molecule has 0 amide bonds. The number of hydrogen-bond acceptors (Lipinski definition) is 3. The predicted molar refractivity (Wildman–Crippen MR) is 74.7 cm³/mol. The van der Waals surface area contributed by atoms with E-state index in [-0.39, 0.29) is 0 Å². The molecular formula is C13H15NS2. The average Bonchev–Trinajstić information content (AvgIpc) is 2.30. The lowest BCUT2D eigenvalue weighted by Gasteiger charge is -2.20. The second-order valence-corrected chi connectivity index (χ2v) is 6.03. The van der Waals surface area contributed by atoms with E-state index in [1.807, 2.05) is 37.3 Å². The van der Waals surface area contributed by atoms with Gasteiger partial charge in [-0.15, -0.1) is 0 Å². The van der Waals surface area contributed by atoms with Crippen LogP contribution in [0.25, 0.3) is 0 Å². The van der Waals surface area contributed by atoms with Crippen LogP contribution in [-0.4, -0.2) is 8.94 Å². The van der Waals surface area contributed by atoms with Gasteiger partial charge in [0.25, 0.3) is 0 Å². The van der Waals surface area contributed by atoms with Gasteiger partial charge in [-0.2, -0.15) is 5.26 Å². The standard InChI is InChI=1S/C13H15NS2/c1-3-9-13(2,10-14)16-12(15)11-7-5-4-6-8-11/h4-8H,3,9H2,1-2H3. The summed E-state index contributed by atoms with van der Waals surface area (Å²) < 4.78 is 0.403. The van der Waals surface area contributed by atoms with Crippen molar-refractivity contribution < 1.29 is 0 Å². The maximum absolute atomic E-state index is 9.18. The Labute approximate surface area is 107 Å². The van der Waals surface area contributed by atoms with Crippen LogP contribution in [0, 0.1) is 11.3 Å². The lowest BCUT2D eigenvalue weighted by molar-refractivity contribution is 0.694. The highest BCUT2D eigenvalue weighted by Crippen LogP contribution is 2.32. The van der Waals surface area contributed by atoms with Crippen LogP contribution in [-0.2, 0) is 0 Å². The molecule has 0 aliphatic rings. The van der Waals surface area contributed by atoms with Gasteiger partial charge in [-0.05, 0) is 18.9 Å². The van der Waals surface area contributed by atoms with E-state index in [0.717, 1.165) is 22.6 Å². The van der Waals surface area contributed by atoms with E-state index in [1.54, 1.807) is 0 Å². The predicted octanol–water partition coefficient (Wildman–Crippen LogP) is 4.18. The van der Waals surface area contributed by atoms with E-state index in [1.165, 1.54) is 11.8 Å². The minimum Gasteiger partial charge on any atom is -0.197 e. The third kappa shape index (κ3) is 3.62. The summed E-state index contributed by atoms with van der Waals surface area (Å²) in [5, 5.41) is 9.18. The number of hydrogen-bond donors (Lipinski definition) is 0. The highest BCUT2D eigenvalue weighted by atomic mass is 32.2. The topological polar surface area (TPSA) is 23.8 Å². The molecule has 0 aliphatic heterocycles. The van der Waals surface area contributed by atoms with Crippen LogP contribution in [0.2, 0.25) is 0 Å². The first-order chi connectivity index (χ1) is 7.61. The molecule has 0 saturated carbocycles. The summed E-state index contributed by atoms with van der Waals surface area (Å²) in [6.45, 7) is 4.04. The Morgan fingerprint density at radius 3 is 2.56 bits per heavy atom. The zero-order valence-electron chi connectivity index (χ0n) is 9.56. The summed E-state index contributed by atoms with van der Waals surface area (Å²) in [6, 6.07) is 12.2. The Bertz CT molecular complexity index is 394. The minimum atomic E-state index is -0.401. The van der Waals surface area contributed by atoms with Gasteiger partial charge in [0.1, 0.15) is 4.75 Å². The molecule has 1 aromatic rings. The molecule has 0 bridgehead atoms. The van der Waals surface area contributed by atoms with Crippen LogP contribution in [0.5, 0.6) is 0 Å². The quantitative estimate of drug-likeness (QED) is 0.748. The van der Waals surface area contributed by atoms with Gasteiger partial charge in [0.15, 0.2) is 0 Å². The van der Waals surface area contributed by atoms with Gasteiger partial charge < -0.3 is 0 Å². The van der Waals surface area contributed by atoms with E-state index in [0.29, 0.717) is 0 Å². The van der Waals surface area contributed by atoms with E-state index in [4.69, 9.17) is 12.2 Å². The highest BCUT2D eigenvalue weighted by Gasteiger charge is 2.25. The molecule has 0 N–H and O–H groups in total. The Morgan fingerprint density at radius 1 is 1.44 bits per heavy atom. The fourth-order valence-electron chi connectivity index (χ4n) is 1.44. The van der Waals surface area contributed by atoms with Crippen LogP contribution in [0.3, 0.4) is 0 Å². The Morgan fingerprint density at radius 2 is 2.06 bits per heavy atom. The third-order valence-electron chi connectivity index (χ3n) is 2.29. The lowest BCUT2D eigenvalue weighted by Crippen LogP contribution is -2.19. The van der Waals surface area contributed by atoms with E-state index < -0.39 is 4.75 Å². The molecule has 1 nitrogen and oxygen atoms in total. The molecule has 1 atom stereocenters. The van der Waals surface area contributed by atoms with Crippen LogP contribution < -0.4 is 0 Å². The van der Waals surface area contributed by atoms with Crippen molar-refractivity contribution in [1.82, 2.24) is 0 Å². The van der Waals surface area contributed by atoms with Gasteiger partial charge in [0, 0.05) is 0 Å². The summed E-state index contributed by atoms with van der Waals surface area (Å²) in [6.07, 6.45) is 1.86. The normalized spacial score (nSPS) is 13.8. The average molecular weight is 249 g/mol. The second kappa shape index (κ2) is 6.03. The number of rotatable bonds is 4. The van der Waals surface area contributed by atoms with Gasteiger partial charge in [-0.1, -0.05) is 67.7 Å². The fourth-order valence-corrected chi connectivity index (χ4v) is 3.15. The molecule has 3 heteroatoms. The van der Waals surface area contributed by atoms with E-state index >= 15 is 0 Å². The largest absolute Gasteiger partial charge is 0.197 e. The summed E-state index contributed by atoms with van der Waals surface area (Å²) >= 11 is 6.86. The Hall–Kier alpha value is -0.850. The summed E-state index contributed by atoms with van der Waals surface area (Å²) in [5.41, 5.74) is 1.03. The number of nitriles is 1. The first-order valence-electron chi connectivity index (χ1n) is 5.31. The molecule has 0 saturated heterocycles. The van der Waals surface area contributed by atoms with E-state index in [9.17, 15) is 5.26 Å². The first-order valence-corrected chi connectivity index (χ1v) is 6.53. The van der Waals surface area contributed by atoms with Crippen molar-refractivity contribution >= 4 is 28.2 Å². The maximum atomic E-state index is 9.18. The Balaban J connectivity index is 2.75. The molecule has 0 aromatic heterocycles. The number of nitrogens with zero attached hydrogens (tertiary/aromatic N) is 1. The third-order valence-corrected chi connectivity index (χ3v) is 3.94. The molecule has 0 aliphatic carbocycles. The number of thiocarbonyl (C=S) groups is 1. The van der Waals surface area contributed by atoms with Crippen molar-refractivity contribution in [3.63, 3.8) is 0 Å². The summed E-state index contributed by atoms with van der Waals surface area (Å²) in [5.74, 6) is 0. The Kier molecular flexibility index (Phi) is 4.98. The minimum absolute atomic E-state index is 0.401. The van der Waals surface area contributed by atoms with Crippen molar-refractivity contribution in [1.29, 1.82) is 5.26 Å². The molecule has 0 radical (unpaired) electrons. The molecule has 1 aromatic carbocycles. The van der Waals surface area contributed by atoms with Gasteiger partial charge >= 0.3 is 0 Å². The SMILES string of the molecule is CCCC(C)(C#N)SC(=S)c1ccccc1. The van der Waals surface area contributed by atoms with Crippen molar-refractivity contribution in [2.24, 2.45) is 0 Å². The van der Waals surface area contributed by atoms with Gasteiger partial charge in [-0.3, -0.25) is 0 Å². The summed E-state index contributed by atoms with van der Waals surface area (Å²) in [4.78, 5) is 0. The molecule has 0 heterocycles. The zero-order valence-corrected chi connectivity index (χ0v) is 11.2.